The number of para-hydroxylation sites is 1. The number of ether oxygens (including phenoxy) is 4. The van der Waals surface area contributed by atoms with E-state index < -0.39 is 10.0 Å². The van der Waals surface area contributed by atoms with Gasteiger partial charge < -0.3 is 18.9 Å². The fourth-order valence-electron chi connectivity index (χ4n) is 2.65. The zero-order valence-electron chi connectivity index (χ0n) is 16.7. The highest BCUT2D eigenvalue weighted by Gasteiger charge is 2.17. The first kappa shape index (κ1) is 21.3. The monoisotopic (exact) mass is 429 g/mol. The predicted octanol–water partition coefficient (Wildman–Crippen LogP) is 3.96. The Labute approximate surface area is 176 Å². The van der Waals surface area contributed by atoms with Crippen LogP contribution in [0.15, 0.2) is 77.7 Å². The lowest BCUT2D eigenvalue weighted by molar-refractivity contribution is 0.217. The summed E-state index contributed by atoms with van der Waals surface area (Å²) in [6.45, 7) is 0.767. The molecule has 0 aliphatic heterocycles. The van der Waals surface area contributed by atoms with Crippen molar-refractivity contribution in [3.8, 4) is 23.0 Å². The Bertz CT molecular complexity index is 1050. The molecule has 0 saturated heterocycles. The summed E-state index contributed by atoms with van der Waals surface area (Å²) < 4.78 is 49.3. The Morgan fingerprint density at radius 2 is 1.33 bits per heavy atom. The van der Waals surface area contributed by atoms with Crippen molar-refractivity contribution in [1.29, 1.82) is 0 Å². The van der Waals surface area contributed by atoms with Crippen LogP contribution in [-0.4, -0.2) is 35.9 Å². The van der Waals surface area contributed by atoms with Crippen molar-refractivity contribution in [2.75, 3.05) is 32.2 Å². The molecule has 0 saturated carbocycles. The highest BCUT2D eigenvalue weighted by Crippen LogP contribution is 2.30. The molecule has 0 fully saturated rings. The van der Waals surface area contributed by atoms with E-state index in [1.54, 1.807) is 30.3 Å². The van der Waals surface area contributed by atoms with E-state index in [0.29, 0.717) is 36.1 Å². The van der Waals surface area contributed by atoms with Crippen LogP contribution in [0.2, 0.25) is 0 Å². The van der Waals surface area contributed by atoms with Gasteiger partial charge in [-0.1, -0.05) is 18.2 Å². The molecule has 0 spiro atoms. The van der Waals surface area contributed by atoms with Gasteiger partial charge in [-0.3, -0.25) is 4.72 Å². The highest BCUT2D eigenvalue weighted by molar-refractivity contribution is 7.92. The van der Waals surface area contributed by atoms with E-state index in [-0.39, 0.29) is 4.90 Å². The largest absolute Gasteiger partial charge is 0.493 e. The first-order valence-corrected chi connectivity index (χ1v) is 10.7. The van der Waals surface area contributed by atoms with Gasteiger partial charge in [-0.2, -0.15) is 0 Å². The number of hydrogen-bond donors (Lipinski definition) is 1. The molecule has 30 heavy (non-hydrogen) atoms. The van der Waals surface area contributed by atoms with Gasteiger partial charge >= 0.3 is 0 Å². The average Bonchev–Trinajstić information content (AvgIpc) is 2.77. The molecule has 0 atom stereocenters. The lowest BCUT2D eigenvalue weighted by Crippen LogP contribution is -2.13. The number of hydrogen-bond acceptors (Lipinski definition) is 6. The summed E-state index contributed by atoms with van der Waals surface area (Å²) in [7, 11) is -0.844. The number of sulfonamides is 1. The maximum absolute atomic E-state index is 12.6. The van der Waals surface area contributed by atoms with E-state index in [2.05, 4.69) is 4.72 Å². The molecule has 3 aromatic carbocycles. The summed E-state index contributed by atoms with van der Waals surface area (Å²) in [6.07, 6.45) is 0. The molecule has 158 valence electrons. The number of benzene rings is 3. The SMILES string of the molecule is COc1ccc(S(=O)(=O)Nc2ccc(OCCOc3ccccc3)cc2)cc1OC. The molecule has 0 bridgehead atoms. The maximum atomic E-state index is 12.6. The van der Waals surface area contributed by atoms with Crippen molar-refractivity contribution in [3.63, 3.8) is 0 Å². The summed E-state index contributed by atoms with van der Waals surface area (Å²) in [5, 5.41) is 0. The van der Waals surface area contributed by atoms with E-state index in [1.165, 1.54) is 26.4 Å². The molecule has 0 unspecified atom stereocenters. The molecular weight excluding hydrogens is 406 g/mol. The van der Waals surface area contributed by atoms with Crippen LogP contribution < -0.4 is 23.7 Å². The minimum atomic E-state index is -3.78. The number of nitrogens with one attached hydrogen (secondary N) is 1. The van der Waals surface area contributed by atoms with E-state index in [9.17, 15) is 8.42 Å². The number of anilines is 1. The predicted molar refractivity (Wildman–Crippen MR) is 114 cm³/mol. The van der Waals surface area contributed by atoms with Crippen molar-refractivity contribution >= 4 is 15.7 Å². The van der Waals surface area contributed by atoms with Crippen LogP contribution in [-0.2, 0) is 10.0 Å². The van der Waals surface area contributed by atoms with Gasteiger partial charge in [-0.25, -0.2) is 8.42 Å². The zero-order valence-corrected chi connectivity index (χ0v) is 17.5. The second-order valence-corrected chi connectivity index (χ2v) is 7.84. The van der Waals surface area contributed by atoms with Crippen molar-refractivity contribution in [1.82, 2.24) is 0 Å². The summed E-state index contributed by atoms with van der Waals surface area (Å²) in [6, 6.07) is 20.5. The number of methoxy groups -OCH3 is 2. The van der Waals surface area contributed by atoms with Crippen molar-refractivity contribution in [3.05, 3.63) is 72.8 Å². The van der Waals surface area contributed by atoms with Crippen LogP contribution in [0.1, 0.15) is 0 Å². The Balaban J connectivity index is 1.56. The van der Waals surface area contributed by atoms with E-state index in [4.69, 9.17) is 18.9 Å². The molecule has 1 N–H and O–H groups in total. The highest BCUT2D eigenvalue weighted by atomic mass is 32.2. The lowest BCUT2D eigenvalue weighted by Gasteiger charge is -2.12. The maximum Gasteiger partial charge on any atom is 0.262 e. The Morgan fingerprint density at radius 1 is 0.733 bits per heavy atom. The third-order valence-corrected chi connectivity index (χ3v) is 5.51. The normalized spacial score (nSPS) is 10.9. The summed E-state index contributed by atoms with van der Waals surface area (Å²) in [4.78, 5) is 0.0681. The molecule has 0 amide bonds. The van der Waals surface area contributed by atoms with Gasteiger partial charge in [-0.15, -0.1) is 0 Å². The van der Waals surface area contributed by atoms with Crippen LogP contribution in [0.25, 0.3) is 0 Å². The molecule has 8 heteroatoms. The smallest absolute Gasteiger partial charge is 0.262 e. The third kappa shape index (κ3) is 5.57. The van der Waals surface area contributed by atoms with Gasteiger partial charge in [0.05, 0.1) is 19.1 Å². The van der Waals surface area contributed by atoms with E-state index >= 15 is 0 Å². The molecule has 0 aliphatic rings. The zero-order chi connectivity index (χ0) is 21.4. The minimum absolute atomic E-state index is 0.0681. The fraction of sp³-hybridized carbons (Fsp3) is 0.182. The van der Waals surface area contributed by atoms with Gasteiger partial charge in [0, 0.05) is 11.8 Å². The molecule has 0 aliphatic carbocycles. The van der Waals surface area contributed by atoms with Gasteiger partial charge in [0.1, 0.15) is 24.7 Å². The Hall–Kier alpha value is -3.39. The Morgan fingerprint density at radius 3 is 1.93 bits per heavy atom. The van der Waals surface area contributed by atoms with E-state index in [1.807, 2.05) is 30.3 Å². The standard InChI is InChI=1S/C22H23NO6S/c1-26-21-13-12-20(16-22(21)27-2)30(24,25)23-17-8-10-19(11-9-17)29-15-14-28-18-6-4-3-5-7-18/h3-13,16,23H,14-15H2,1-2H3. The molecule has 0 aromatic heterocycles. The summed E-state index contributed by atoms with van der Waals surface area (Å²) in [5.74, 6) is 2.18. The quantitative estimate of drug-likeness (QED) is 0.491. The van der Waals surface area contributed by atoms with Crippen LogP contribution in [0.5, 0.6) is 23.0 Å². The second-order valence-electron chi connectivity index (χ2n) is 6.16. The van der Waals surface area contributed by atoms with Gasteiger partial charge in [0.2, 0.25) is 0 Å². The van der Waals surface area contributed by atoms with Crippen molar-refractivity contribution in [2.45, 2.75) is 4.90 Å². The molecule has 3 aromatic rings. The van der Waals surface area contributed by atoms with Crippen LogP contribution >= 0.6 is 0 Å². The first-order valence-electron chi connectivity index (χ1n) is 9.17. The van der Waals surface area contributed by atoms with Gasteiger partial charge in [-0.05, 0) is 48.5 Å². The minimum Gasteiger partial charge on any atom is -0.493 e. The molecular formula is C22H23NO6S. The molecule has 0 heterocycles. The van der Waals surface area contributed by atoms with Crippen molar-refractivity contribution < 1.29 is 27.4 Å². The molecule has 3 rings (SSSR count). The van der Waals surface area contributed by atoms with Gasteiger partial charge in [0.25, 0.3) is 10.0 Å². The summed E-state index contributed by atoms with van der Waals surface area (Å²) in [5.41, 5.74) is 0.415. The van der Waals surface area contributed by atoms with Gasteiger partial charge in [0.15, 0.2) is 11.5 Å². The van der Waals surface area contributed by atoms with Crippen LogP contribution in [0.4, 0.5) is 5.69 Å². The van der Waals surface area contributed by atoms with Crippen LogP contribution in [0.3, 0.4) is 0 Å². The van der Waals surface area contributed by atoms with Crippen LogP contribution in [0, 0.1) is 0 Å². The van der Waals surface area contributed by atoms with Crippen molar-refractivity contribution in [2.24, 2.45) is 0 Å². The molecule has 0 radical (unpaired) electrons. The first-order chi connectivity index (χ1) is 14.5. The third-order valence-electron chi connectivity index (χ3n) is 4.14. The van der Waals surface area contributed by atoms with E-state index in [0.717, 1.165) is 5.75 Å². The Kier molecular flexibility index (Phi) is 7.03. The lowest BCUT2D eigenvalue weighted by atomic mass is 10.3. The molecule has 7 nitrogen and oxygen atoms in total. The number of rotatable bonds is 10. The summed E-state index contributed by atoms with van der Waals surface area (Å²) >= 11 is 0. The second kappa shape index (κ2) is 9.89. The topological polar surface area (TPSA) is 83.1 Å². The average molecular weight is 429 g/mol. The fourth-order valence-corrected chi connectivity index (χ4v) is 3.73.